The van der Waals surface area contributed by atoms with Crippen LogP contribution >= 0.6 is 0 Å². The van der Waals surface area contributed by atoms with Crippen molar-refractivity contribution < 1.29 is 9.90 Å². The predicted octanol–water partition coefficient (Wildman–Crippen LogP) is 7.38. The number of carboxylic acids is 1. The van der Waals surface area contributed by atoms with Crippen molar-refractivity contribution in [1.82, 2.24) is 0 Å². The van der Waals surface area contributed by atoms with Gasteiger partial charge in [-0.2, -0.15) is 0 Å². The van der Waals surface area contributed by atoms with Gasteiger partial charge in [0.2, 0.25) is 0 Å². The number of unbranched alkanes of at least 4 members (excludes halogenated alkanes) is 6. The Labute approximate surface area is 151 Å². The normalized spacial score (nSPS) is 12.9. The van der Waals surface area contributed by atoms with Gasteiger partial charge in [0.25, 0.3) is 0 Å². The van der Waals surface area contributed by atoms with Crippen LogP contribution in [0.2, 0.25) is 0 Å². The molecule has 0 rings (SSSR count). The summed E-state index contributed by atoms with van der Waals surface area (Å²) in [6.07, 6.45) is 18.1. The zero-order chi connectivity index (χ0) is 18.5. The van der Waals surface area contributed by atoms with Crippen LogP contribution in [0.25, 0.3) is 0 Å². The maximum absolute atomic E-state index is 10.4. The Bertz CT molecular complexity index is 353. The number of hydrogen-bond acceptors (Lipinski definition) is 1. The van der Waals surface area contributed by atoms with Crippen molar-refractivity contribution in [2.45, 2.75) is 112 Å². The minimum absolute atomic E-state index is 0.323. The molecule has 0 radical (unpaired) electrons. The van der Waals surface area contributed by atoms with Gasteiger partial charge in [0.15, 0.2) is 0 Å². The highest BCUT2D eigenvalue weighted by Gasteiger charge is 2.27. The van der Waals surface area contributed by atoms with E-state index >= 15 is 0 Å². The number of rotatable bonds is 15. The SMILES string of the molecule is CCCCC(C)(C)CC(C)(C)CC=CCCCCCCCC(=O)O. The third-order valence-corrected chi connectivity index (χ3v) is 4.76. The molecule has 0 unspecified atom stereocenters. The molecule has 1 N–H and O–H groups in total. The van der Waals surface area contributed by atoms with Crippen molar-refractivity contribution in [1.29, 1.82) is 0 Å². The molecule has 0 aliphatic carbocycles. The van der Waals surface area contributed by atoms with Crippen LogP contribution in [-0.2, 0) is 4.79 Å². The van der Waals surface area contributed by atoms with Gasteiger partial charge in [0.1, 0.15) is 0 Å². The second kappa shape index (κ2) is 12.6. The Hall–Kier alpha value is -0.790. The van der Waals surface area contributed by atoms with Gasteiger partial charge >= 0.3 is 5.97 Å². The molecule has 24 heavy (non-hydrogen) atoms. The van der Waals surface area contributed by atoms with Crippen molar-refractivity contribution >= 4 is 5.97 Å². The van der Waals surface area contributed by atoms with Crippen LogP contribution in [0.3, 0.4) is 0 Å². The molecule has 2 nitrogen and oxygen atoms in total. The van der Waals surface area contributed by atoms with Crippen LogP contribution < -0.4 is 0 Å². The van der Waals surface area contributed by atoms with E-state index in [2.05, 4.69) is 46.8 Å². The standard InChI is InChI=1S/C22H42O2/c1-6-7-17-21(2,3)19-22(4,5)18-15-13-11-9-8-10-12-14-16-20(23)24/h13,15H,6-12,14,16-19H2,1-5H3,(H,23,24). The third-order valence-electron chi connectivity index (χ3n) is 4.76. The van der Waals surface area contributed by atoms with Gasteiger partial charge in [-0.25, -0.2) is 0 Å². The molecular formula is C22H42O2. The van der Waals surface area contributed by atoms with E-state index in [0.29, 0.717) is 17.3 Å². The number of carbonyl (C=O) groups is 1. The van der Waals surface area contributed by atoms with Crippen LogP contribution in [0.15, 0.2) is 12.2 Å². The van der Waals surface area contributed by atoms with E-state index in [0.717, 1.165) is 25.7 Å². The van der Waals surface area contributed by atoms with Gasteiger partial charge in [-0.3, -0.25) is 4.79 Å². The summed E-state index contributed by atoms with van der Waals surface area (Å²) >= 11 is 0. The van der Waals surface area contributed by atoms with Gasteiger partial charge in [-0.1, -0.05) is 78.9 Å². The molecule has 0 amide bonds. The van der Waals surface area contributed by atoms with E-state index in [4.69, 9.17) is 5.11 Å². The first-order valence-corrected chi connectivity index (χ1v) is 10.1. The highest BCUT2D eigenvalue weighted by atomic mass is 16.4. The summed E-state index contributed by atoms with van der Waals surface area (Å²) in [5.41, 5.74) is 0.827. The van der Waals surface area contributed by atoms with Crippen LogP contribution in [0.1, 0.15) is 112 Å². The molecule has 0 aliphatic rings. The molecule has 0 aromatic carbocycles. The van der Waals surface area contributed by atoms with E-state index in [1.54, 1.807) is 0 Å². The van der Waals surface area contributed by atoms with Crippen molar-refractivity contribution in [2.75, 3.05) is 0 Å². The summed E-state index contributed by atoms with van der Waals surface area (Å²) in [6.45, 7) is 11.9. The minimum atomic E-state index is -0.668. The maximum Gasteiger partial charge on any atom is 0.303 e. The fraction of sp³-hybridized carbons (Fsp3) is 0.864. The topological polar surface area (TPSA) is 37.3 Å². The van der Waals surface area contributed by atoms with Gasteiger partial charge in [0.05, 0.1) is 0 Å². The molecule has 0 aromatic rings. The lowest BCUT2D eigenvalue weighted by atomic mass is 9.71. The van der Waals surface area contributed by atoms with Crippen molar-refractivity contribution in [3.05, 3.63) is 12.2 Å². The smallest absolute Gasteiger partial charge is 0.303 e. The van der Waals surface area contributed by atoms with E-state index < -0.39 is 5.97 Å². The molecule has 0 aromatic heterocycles. The largest absolute Gasteiger partial charge is 0.481 e. The zero-order valence-electron chi connectivity index (χ0n) is 17.0. The Kier molecular flexibility index (Phi) is 12.1. The highest BCUT2D eigenvalue weighted by Crippen LogP contribution is 2.39. The predicted molar refractivity (Wildman–Crippen MR) is 105 cm³/mol. The first-order valence-electron chi connectivity index (χ1n) is 10.1. The summed E-state index contributed by atoms with van der Waals surface area (Å²) in [4.78, 5) is 10.4. The molecule has 0 heterocycles. The second-order valence-electron chi connectivity index (χ2n) is 8.98. The second-order valence-corrected chi connectivity index (χ2v) is 8.98. The summed E-state index contributed by atoms with van der Waals surface area (Å²) in [5, 5.41) is 8.58. The number of allylic oxidation sites excluding steroid dienone is 2. The average Bonchev–Trinajstić information content (AvgIpc) is 2.45. The minimum Gasteiger partial charge on any atom is -0.481 e. The van der Waals surface area contributed by atoms with Gasteiger partial charge in [-0.05, 0) is 49.4 Å². The lowest BCUT2D eigenvalue weighted by Crippen LogP contribution is -2.22. The van der Waals surface area contributed by atoms with Gasteiger partial charge in [0, 0.05) is 6.42 Å². The monoisotopic (exact) mass is 338 g/mol. The summed E-state index contributed by atoms with van der Waals surface area (Å²) in [5.74, 6) is -0.668. The molecule has 0 bridgehead atoms. The maximum atomic E-state index is 10.4. The molecule has 0 saturated heterocycles. The Morgan fingerprint density at radius 2 is 1.50 bits per heavy atom. The van der Waals surface area contributed by atoms with E-state index in [9.17, 15) is 4.79 Å². The quantitative estimate of drug-likeness (QED) is 0.250. The summed E-state index contributed by atoms with van der Waals surface area (Å²) < 4.78 is 0. The molecule has 0 saturated carbocycles. The lowest BCUT2D eigenvalue weighted by Gasteiger charge is -2.34. The molecule has 0 aliphatic heterocycles. The molecular weight excluding hydrogens is 296 g/mol. The van der Waals surface area contributed by atoms with Gasteiger partial charge in [-0.15, -0.1) is 0 Å². The van der Waals surface area contributed by atoms with E-state index in [-0.39, 0.29) is 0 Å². The number of aliphatic carboxylic acids is 1. The molecule has 0 spiro atoms. The molecule has 142 valence electrons. The Balaban J connectivity index is 3.78. The Morgan fingerprint density at radius 3 is 2.12 bits per heavy atom. The van der Waals surface area contributed by atoms with Crippen LogP contribution in [0.4, 0.5) is 0 Å². The van der Waals surface area contributed by atoms with Crippen molar-refractivity contribution in [2.24, 2.45) is 10.8 Å². The zero-order valence-corrected chi connectivity index (χ0v) is 17.0. The van der Waals surface area contributed by atoms with Crippen LogP contribution in [0, 0.1) is 10.8 Å². The summed E-state index contributed by atoms with van der Waals surface area (Å²) in [6, 6.07) is 0. The fourth-order valence-electron chi connectivity index (χ4n) is 3.70. The number of hydrogen-bond donors (Lipinski definition) is 1. The van der Waals surface area contributed by atoms with Crippen molar-refractivity contribution in [3.8, 4) is 0 Å². The first kappa shape index (κ1) is 23.2. The highest BCUT2D eigenvalue weighted by molar-refractivity contribution is 5.66. The van der Waals surface area contributed by atoms with Crippen molar-refractivity contribution in [3.63, 3.8) is 0 Å². The average molecular weight is 339 g/mol. The first-order chi connectivity index (χ1) is 11.2. The van der Waals surface area contributed by atoms with E-state index in [1.165, 1.54) is 44.9 Å². The van der Waals surface area contributed by atoms with Gasteiger partial charge < -0.3 is 5.11 Å². The number of carboxylic acid groups (broad SMARTS) is 1. The van der Waals surface area contributed by atoms with Crippen LogP contribution in [-0.4, -0.2) is 11.1 Å². The third kappa shape index (κ3) is 14.8. The van der Waals surface area contributed by atoms with Crippen LogP contribution in [0.5, 0.6) is 0 Å². The molecule has 0 fully saturated rings. The Morgan fingerprint density at radius 1 is 0.875 bits per heavy atom. The molecule has 0 atom stereocenters. The fourth-order valence-corrected chi connectivity index (χ4v) is 3.70. The lowest BCUT2D eigenvalue weighted by molar-refractivity contribution is -0.137. The molecule has 2 heteroatoms. The summed E-state index contributed by atoms with van der Waals surface area (Å²) in [7, 11) is 0. The van der Waals surface area contributed by atoms with E-state index in [1.807, 2.05) is 0 Å².